The Balaban J connectivity index is 2.05. The molecule has 0 N–H and O–H groups in total. The first-order valence-electron chi connectivity index (χ1n) is 9.21. The third kappa shape index (κ3) is 5.70. The van der Waals surface area contributed by atoms with E-state index in [-0.39, 0.29) is 11.8 Å². The summed E-state index contributed by atoms with van der Waals surface area (Å²) in [5.74, 6) is -0.543. The van der Waals surface area contributed by atoms with Crippen molar-refractivity contribution in [1.82, 2.24) is 0 Å². The highest BCUT2D eigenvalue weighted by Crippen LogP contribution is 2.25. The van der Waals surface area contributed by atoms with E-state index in [0.717, 1.165) is 43.2 Å². The number of esters is 1. The number of hydrogen-bond donors (Lipinski definition) is 0. The largest absolute Gasteiger partial charge is 0.462 e. The first-order valence-corrected chi connectivity index (χ1v) is 9.21. The Morgan fingerprint density at radius 2 is 1.68 bits per heavy atom. The van der Waals surface area contributed by atoms with E-state index in [1.165, 1.54) is 6.42 Å². The van der Waals surface area contributed by atoms with Gasteiger partial charge < -0.3 is 4.74 Å². The second-order valence-corrected chi connectivity index (χ2v) is 6.34. The van der Waals surface area contributed by atoms with Crippen LogP contribution in [0.5, 0.6) is 0 Å². The van der Waals surface area contributed by atoms with Gasteiger partial charge in [0.2, 0.25) is 0 Å². The Bertz CT molecular complexity index is 677. The van der Waals surface area contributed by atoms with Crippen molar-refractivity contribution in [3.05, 3.63) is 59.4 Å². The summed E-state index contributed by atoms with van der Waals surface area (Å²) in [4.78, 5) is 11.9. The van der Waals surface area contributed by atoms with Crippen molar-refractivity contribution >= 4 is 5.97 Å². The van der Waals surface area contributed by atoms with Crippen LogP contribution in [0.1, 0.15) is 61.9 Å². The summed E-state index contributed by atoms with van der Waals surface area (Å²) in [6.07, 6.45) is 6.17. The summed E-state index contributed by atoms with van der Waals surface area (Å²) in [5.41, 5.74) is 2.86. The fourth-order valence-electron chi connectivity index (χ4n) is 2.71. The minimum absolute atomic E-state index is 0.215. The number of carbonyl (C=O) groups is 1. The lowest BCUT2D eigenvalue weighted by Gasteiger charge is -2.08. The van der Waals surface area contributed by atoms with Crippen LogP contribution in [0.4, 0.5) is 4.39 Å². The van der Waals surface area contributed by atoms with Crippen molar-refractivity contribution in [3.63, 3.8) is 0 Å². The minimum Gasteiger partial charge on any atom is -0.462 e. The van der Waals surface area contributed by atoms with Crippen LogP contribution >= 0.6 is 0 Å². The molecule has 0 saturated carbocycles. The normalized spacial score (nSPS) is 10.7. The van der Waals surface area contributed by atoms with Crippen molar-refractivity contribution in [2.45, 2.75) is 52.4 Å². The van der Waals surface area contributed by atoms with Crippen molar-refractivity contribution in [2.75, 3.05) is 6.61 Å². The Morgan fingerprint density at radius 1 is 0.960 bits per heavy atom. The first kappa shape index (κ1) is 19.2. The molecule has 0 heterocycles. The Hall–Kier alpha value is -2.16. The molecule has 0 amide bonds. The molecule has 0 aliphatic carbocycles. The van der Waals surface area contributed by atoms with E-state index < -0.39 is 0 Å². The molecule has 0 unspecified atom stereocenters. The van der Waals surface area contributed by atoms with Crippen LogP contribution in [0.15, 0.2) is 42.5 Å². The quantitative estimate of drug-likeness (QED) is 0.401. The number of aryl methyl sites for hydroxylation is 1. The molecule has 0 bridgehead atoms. The van der Waals surface area contributed by atoms with E-state index in [1.54, 1.807) is 30.3 Å². The minimum atomic E-state index is -0.327. The van der Waals surface area contributed by atoms with Crippen LogP contribution in [0.3, 0.4) is 0 Å². The Kier molecular flexibility index (Phi) is 7.65. The molecule has 0 aliphatic heterocycles. The van der Waals surface area contributed by atoms with Crippen molar-refractivity contribution in [3.8, 4) is 11.1 Å². The highest BCUT2D eigenvalue weighted by atomic mass is 19.1. The van der Waals surface area contributed by atoms with Gasteiger partial charge in [-0.15, -0.1) is 0 Å². The summed E-state index contributed by atoms with van der Waals surface area (Å²) < 4.78 is 19.6. The van der Waals surface area contributed by atoms with Crippen molar-refractivity contribution < 1.29 is 13.9 Å². The standard InChI is InChI=1S/C22H27FO2/c1-3-5-7-8-17-9-14-20(21(23)16-17)18-10-12-19(13-11-18)22(24)25-15-6-4-2/h9-14,16H,3-8,15H2,1-2H3. The topological polar surface area (TPSA) is 26.3 Å². The molecule has 2 nitrogen and oxygen atoms in total. The Labute approximate surface area is 150 Å². The zero-order chi connectivity index (χ0) is 18.1. The lowest BCUT2D eigenvalue weighted by atomic mass is 9.99. The summed E-state index contributed by atoms with van der Waals surface area (Å²) in [7, 11) is 0. The van der Waals surface area contributed by atoms with Crippen LogP contribution in [-0.4, -0.2) is 12.6 Å². The van der Waals surface area contributed by atoms with Gasteiger partial charge >= 0.3 is 5.97 Å². The van der Waals surface area contributed by atoms with Crippen molar-refractivity contribution in [1.29, 1.82) is 0 Å². The van der Waals surface area contributed by atoms with Crippen LogP contribution in [0, 0.1) is 5.82 Å². The van der Waals surface area contributed by atoms with Gasteiger partial charge in [-0.25, -0.2) is 9.18 Å². The number of halogens is 1. The molecule has 0 aliphatic rings. The summed E-state index contributed by atoms with van der Waals surface area (Å²) >= 11 is 0. The lowest BCUT2D eigenvalue weighted by molar-refractivity contribution is 0.0500. The summed E-state index contributed by atoms with van der Waals surface area (Å²) in [6, 6.07) is 12.4. The van der Waals surface area contributed by atoms with Gasteiger partial charge in [-0.05, 0) is 48.6 Å². The number of rotatable bonds is 9. The molecule has 3 heteroatoms. The van der Waals surface area contributed by atoms with Gasteiger partial charge in [0, 0.05) is 5.56 Å². The zero-order valence-corrected chi connectivity index (χ0v) is 15.2. The van der Waals surface area contributed by atoms with Gasteiger partial charge in [0.05, 0.1) is 12.2 Å². The molecular weight excluding hydrogens is 315 g/mol. The van der Waals surface area contributed by atoms with Crippen LogP contribution < -0.4 is 0 Å². The summed E-state index contributed by atoms with van der Waals surface area (Å²) in [6.45, 7) is 4.64. The predicted octanol–water partition coefficient (Wildman–Crippen LogP) is 6.18. The summed E-state index contributed by atoms with van der Waals surface area (Å²) in [5, 5.41) is 0. The molecule has 0 spiro atoms. The van der Waals surface area contributed by atoms with Crippen molar-refractivity contribution in [2.24, 2.45) is 0 Å². The SMILES string of the molecule is CCCCCc1ccc(-c2ccc(C(=O)OCCCC)cc2)c(F)c1. The average molecular weight is 342 g/mol. The predicted molar refractivity (Wildman–Crippen MR) is 100 cm³/mol. The van der Waals surface area contributed by atoms with E-state index in [9.17, 15) is 9.18 Å². The third-order valence-electron chi connectivity index (χ3n) is 4.27. The van der Waals surface area contributed by atoms with E-state index in [1.807, 2.05) is 19.1 Å². The zero-order valence-electron chi connectivity index (χ0n) is 15.2. The van der Waals surface area contributed by atoms with Gasteiger partial charge in [-0.3, -0.25) is 0 Å². The maximum atomic E-state index is 14.4. The Morgan fingerprint density at radius 3 is 2.32 bits per heavy atom. The molecule has 0 atom stereocenters. The number of benzene rings is 2. The van der Waals surface area contributed by atoms with Crippen LogP contribution in [0.2, 0.25) is 0 Å². The fraction of sp³-hybridized carbons (Fsp3) is 0.409. The molecule has 2 aromatic carbocycles. The van der Waals surface area contributed by atoms with Crippen LogP contribution in [-0.2, 0) is 11.2 Å². The molecule has 25 heavy (non-hydrogen) atoms. The van der Waals surface area contributed by atoms with E-state index in [4.69, 9.17) is 4.74 Å². The monoisotopic (exact) mass is 342 g/mol. The molecule has 2 rings (SSSR count). The van der Waals surface area contributed by atoms with Gasteiger partial charge in [0.15, 0.2) is 0 Å². The average Bonchev–Trinajstić information content (AvgIpc) is 2.62. The van der Waals surface area contributed by atoms with Crippen LogP contribution in [0.25, 0.3) is 11.1 Å². The lowest BCUT2D eigenvalue weighted by Crippen LogP contribution is -2.06. The fourth-order valence-corrected chi connectivity index (χ4v) is 2.71. The third-order valence-corrected chi connectivity index (χ3v) is 4.27. The maximum Gasteiger partial charge on any atom is 0.338 e. The molecule has 0 saturated heterocycles. The van der Waals surface area contributed by atoms with E-state index >= 15 is 0 Å². The van der Waals surface area contributed by atoms with Gasteiger partial charge in [0.25, 0.3) is 0 Å². The maximum absolute atomic E-state index is 14.4. The van der Waals surface area contributed by atoms with Gasteiger partial charge in [-0.1, -0.05) is 57.4 Å². The molecule has 0 fully saturated rings. The van der Waals surface area contributed by atoms with E-state index in [2.05, 4.69) is 6.92 Å². The van der Waals surface area contributed by atoms with E-state index in [0.29, 0.717) is 17.7 Å². The smallest absolute Gasteiger partial charge is 0.338 e. The number of hydrogen-bond acceptors (Lipinski definition) is 2. The molecular formula is C22H27FO2. The second-order valence-electron chi connectivity index (χ2n) is 6.34. The second kappa shape index (κ2) is 9.97. The number of unbranched alkanes of at least 4 members (excludes halogenated alkanes) is 3. The molecule has 0 radical (unpaired) electrons. The first-order chi connectivity index (χ1) is 12.2. The molecule has 134 valence electrons. The highest BCUT2D eigenvalue weighted by molar-refractivity contribution is 5.90. The molecule has 0 aromatic heterocycles. The number of ether oxygens (including phenoxy) is 1. The van der Waals surface area contributed by atoms with Gasteiger partial charge in [0.1, 0.15) is 5.82 Å². The van der Waals surface area contributed by atoms with Gasteiger partial charge in [-0.2, -0.15) is 0 Å². The number of carbonyl (C=O) groups excluding carboxylic acids is 1. The highest BCUT2D eigenvalue weighted by Gasteiger charge is 2.10. The molecule has 2 aromatic rings.